The largest absolute Gasteiger partial charge is 0.261 e. The maximum Gasteiger partial charge on any atom is 0.154 e. The summed E-state index contributed by atoms with van der Waals surface area (Å²) in [5, 5.41) is 8.71. The smallest absolute Gasteiger partial charge is 0.154 e. The molecule has 0 aliphatic heterocycles. The molecule has 5 heteroatoms. The van der Waals surface area contributed by atoms with Crippen LogP contribution in [0.1, 0.15) is 5.56 Å². The molecule has 0 bridgehead atoms. The van der Waals surface area contributed by atoms with Gasteiger partial charge >= 0.3 is 0 Å². The average Bonchev–Trinajstić information content (AvgIpc) is 2.63. The van der Waals surface area contributed by atoms with Crippen LogP contribution in [0.25, 0.3) is 21.7 Å². The van der Waals surface area contributed by atoms with Gasteiger partial charge < -0.3 is 0 Å². The molecule has 0 saturated carbocycles. The molecule has 3 aromatic carbocycles. The minimum Gasteiger partial charge on any atom is -0.261 e. The molecule has 0 amide bonds. The lowest BCUT2D eigenvalue weighted by Crippen LogP contribution is -1.96. The first-order chi connectivity index (χ1) is 12.2. The number of aromatic nitrogens is 1. The molecule has 25 heavy (non-hydrogen) atoms. The summed E-state index contributed by atoms with van der Waals surface area (Å²) < 4.78 is 0. The number of benzene rings is 3. The lowest BCUT2D eigenvalue weighted by Gasteiger charge is -2.08. The van der Waals surface area contributed by atoms with Gasteiger partial charge in [-0.25, -0.2) is 4.98 Å². The molecule has 0 radical (unpaired) electrons. The highest BCUT2D eigenvalue weighted by atomic mass is 35.5. The standard InChI is InChI=1S/C20H13Cl2N3/c21-14-10-9-13(18(22)11-14)12-23-25-20-17-7-2-1-5-15(17)16-6-3-4-8-19(16)24-20/h1-12H,(H,24,25)/b23-12-. The van der Waals surface area contributed by atoms with E-state index in [4.69, 9.17) is 28.2 Å². The Labute approximate surface area is 154 Å². The highest BCUT2D eigenvalue weighted by Crippen LogP contribution is 2.29. The van der Waals surface area contributed by atoms with Crippen LogP contribution in [0.3, 0.4) is 0 Å². The van der Waals surface area contributed by atoms with Crippen molar-refractivity contribution in [2.45, 2.75) is 0 Å². The van der Waals surface area contributed by atoms with E-state index in [1.807, 2.05) is 42.5 Å². The number of nitrogens with zero attached hydrogens (tertiary/aromatic N) is 2. The summed E-state index contributed by atoms with van der Waals surface area (Å²) >= 11 is 12.1. The molecule has 0 aliphatic carbocycles. The van der Waals surface area contributed by atoms with Crippen LogP contribution >= 0.6 is 23.2 Å². The van der Waals surface area contributed by atoms with Crippen molar-refractivity contribution in [1.82, 2.24) is 4.98 Å². The Morgan fingerprint density at radius 3 is 2.36 bits per heavy atom. The Morgan fingerprint density at radius 1 is 0.840 bits per heavy atom. The second-order valence-electron chi connectivity index (χ2n) is 5.56. The van der Waals surface area contributed by atoms with E-state index in [1.165, 1.54) is 0 Å². The van der Waals surface area contributed by atoms with Crippen LogP contribution in [-0.2, 0) is 0 Å². The fourth-order valence-corrected chi connectivity index (χ4v) is 3.22. The molecule has 3 nitrogen and oxygen atoms in total. The minimum atomic E-state index is 0.550. The summed E-state index contributed by atoms with van der Waals surface area (Å²) in [6, 6.07) is 21.5. The van der Waals surface area contributed by atoms with Gasteiger partial charge in [0.15, 0.2) is 5.82 Å². The molecule has 122 valence electrons. The van der Waals surface area contributed by atoms with Gasteiger partial charge in [0.2, 0.25) is 0 Å². The molecule has 0 saturated heterocycles. The van der Waals surface area contributed by atoms with Crippen molar-refractivity contribution < 1.29 is 0 Å². The monoisotopic (exact) mass is 365 g/mol. The van der Waals surface area contributed by atoms with Crippen molar-refractivity contribution in [3.8, 4) is 0 Å². The third kappa shape index (κ3) is 3.16. The van der Waals surface area contributed by atoms with Crippen LogP contribution in [-0.4, -0.2) is 11.2 Å². The number of pyridine rings is 1. The molecule has 1 heterocycles. The second kappa shape index (κ2) is 6.71. The second-order valence-corrected chi connectivity index (χ2v) is 6.40. The van der Waals surface area contributed by atoms with Crippen molar-refractivity contribution >= 4 is 56.9 Å². The highest BCUT2D eigenvalue weighted by Gasteiger charge is 2.07. The molecule has 0 spiro atoms. The van der Waals surface area contributed by atoms with Crippen molar-refractivity contribution in [3.05, 3.63) is 82.3 Å². The number of halogens is 2. The van der Waals surface area contributed by atoms with E-state index < -0.39 is 0 Å². The number of hydrogen-bond acceptors (Lipinski definition) is 3. The van der Waals surface area contributed by atoms with E-state index in [0.717, 1.165) is 27.2 Å². The molecule has 0 atom stereocenters. The first-order valence-corrected chi connectivity index (χ1v) is 8.49. The predicted octanol–water partition coefficient (Wildman–Crippen LogP) is 6.14. The van der Waals surface area contributed by atoms with E-state index >= 15 is 0 Å². The van der Waals surface area contributed by atoms with Gasteiger partial charge in [0.1, 0.15) is 0 Å². The molecule has 4 rings (SSSR count). The quantitative estimate of drug-likeness (QED) is 0.269. The third-order valence-electron chi connectivity index (χ3n) is 3.95. The molecule has 4 aromatic rings. The van der Waals surface area contributed by atoms with Gasteiger partial charge in [-0.05, 0) is 23.6 Å². The van der Waals surface area contributed by atoms with E-state index in [9.17, 15) is 0 Å². The normalized spacial score (nSPS) is 11.4. The minimum absolute atomic E-state index is 0.550. The van der Waals surface area contributed by atoms with Crippen molar-refractivity contribution in [1.29, 1.82) is 0 Å². The van der Waals surface area contributed by atoms with E-state index in [1.54, 1.807) is 18.3 Å². The van der Waals surface area contributed by atoms with Crippen LogP contribution in [0, 0.1) is 0 Å². The summed E-state index contributed by atoms with van der Waals surface area (Å²) in [4.78, 5) is 4.69. The molecular weight excluding hydrogens is 353 g/mol. The molecular formula is C20H13Cl2N3. The number of para-hydroxylation sites is 1. The first-order valence-electron chi connectivity index (χ1n) is 7.74. The van der Waals surface area contributed by atoms with Gasteiger partial charge in [-0.2, -0.15) is 5.10 Å². The Bertz CT molecular complexity index is 1110. The van der Waals surface area contributed by atoms with Gasteiger partial charge in [0, 0.05) is 21.4 Å². The Hall–Kier alpha value is -2.62. The van der Waals surface area contributed by atoms with Crippen molar-refractivity contribution in [3.63, 3.8) is 0 Å². The highest BCUT2D eigenvalue weighted by molar-refractivity contribution is 6.36. The van der Waals surface area contributed by atoms with Crippen LogP contribution in [0.2, 0.25) is 10.0 Å². The number of hydrogen-bond donors (Lipinski definition) is 1. The summed E-state index contributed by atoms with van der Waals surface area (Å²) in [5.41, 5.74) is 4.74. The predicted molar refractivity (Wildman–Crippen MR) is 107 cm³/mol. The van der Waals surface area contributed by atoms with Crippen molar-refractivity contribution in [2.24, 2.45) is 5.10 Å². The first kappa shape index (κ1) is 15.9. The molecule has 1 aromatic heterocycles. The van der Waals surface area contributed by atoms with E-state index in [2.05, 4.69) is 22.7 Å². The lowest BCUT2D eigenvalue weighted by atomic mass is 10.1. The topological polar surface area (TPSA) is 37.3 Å². The van der Waals surface area contributed by atoms with E-state index in [0.29, 0.717) is 15.9 Å². The van der Waals surface area contributed by atoms with Crippen LogP contribution in [0.5, 0.6) is 0 Å². The molecule has 0 aliphatic rings. The summed E-state index contributed by atoms with van der Waals surface area (Å²) in [6.07, 6.45) is 1.66. The van der Waals surface area contributed by atoms with Gasteiger partial charge in [0.05, 0.1) is 16.8 Å². The van der Waals surface area contributed by atoms with Gasteiger partial charge in [-0.3, -0.25) is 5.43 Å². The maximum atomic E-state index is 6.17. The Morgan fingerprint density at radius 2 is 1.56 bits per heavy atom. The average molecular weight is 366 g/mol. The number of hydrazone groups is 1. The number of rotatable bonds is 3. The number of nitrogens with one attached hydrogen (secondary N) is 1. The van der Waals surface area contributed by atoms with Crippen LogP contribution in [0.4, 0.5) is 5.82 Å². The molecule has 1 N–H and O–H groups in total. The summed E-state index contributed by atoms with van der Waals surface area (Å²) in [5.74, 6) is 0.704. The molecule has 0 unspecified atom stereocenters. The van der Waals surface area contributed by atoms with E-state index in [-0.39, 0.29) is 0 Å². The Balaban J connectivity index is 1.74. The number of fused-ring (bicyclic) bond motifs is 3. The zero-order valence-corrected chi connectivity index (χ0v) is 14.6. The number of anilines is 1. The van der Waals surface area contributed by atoms with Crippen molar-refractivity contribution in [2.75, 3.05) is 5.43 Å². The van der Waals surface area contributed by atoms with Crippen LogP contribution in [0.15, 0.2) is 71.8 Å². The lowest BCUT2D eigenvalue weighted by molar-refractivity contribution is 1.28. The third-order valence-corrected chi connectivity index (χ3v) is 4.51. The van der Waals surface area contributed by atoms with Gasteiger partial charge in [-0.15, -0.1) is 0 Å². The summed E-state index contributed by atoms with van der Waals surface area (Å²) in [6.45, 7) is 0. The summed E-state index contributed by atoms with van der Waals surface area (Å²) in [7, 11) is 0. The molecule has 0 fully saturated rings. The zero-order valence-electron chi connectivity index (χ0n) is 13.1. The van der Waals surface area contributed by atoms with Crippen LogP contribution < -0.4 is 5.43 Å². The fraction of sp³-hybridized carbons (Fsp3) is 0. The van der Waals surface area contributed by atoms with Gasteiger partial charge in [-0.1, -0.05) is 71.7 Å². The zero-order chi connectivity index (χ0) is 17.2. The van der Waals surface area contributed by atoms with Gasteiger partial charge in [0.25, 0.3) is 0 Å². The fourth-order valence-electron chi connectivity index (χ4n) is 2.76. The maximum absolute atomic E-state index is 6.17. The Kier molecular flexibility index (Phi) is 4.26. The SMILES string of the molecule is Clc1ccc(/C=N\Nc2nc3ccccc3c3ccccc23)c(Cl)c1.